The summed E-state index contributed by atoms with van der Waals surface area (Å²) < 4.78 is 17.6. The molecule has 3 heterocycles. The van der Waals surface area contributed by atoms with E-state index < -0.39 is 5.82 Å². The maximum absolute atomic E-state index is 13.9. The van der Waals surface area contributed by atoms with Gasteiger partial charge in [0.15, 0.2) is 10.8 Å². The summed E-state index contributed by atoms with van der Waals surface area (Å²) in [4.78, 5) is 13.0. The van der Waals surface area contributed by atoms with Gasteiger partial charge in [0.05, 0.1) is 22.5 Å². The molecule has 1 amide bonds. The molecule has 174 valence electrons. The molecule has 0 bridgehead atoms. The van der Waals surface area contributed by atoms with Crippen molar-refractivity contribution in [1.82, 2.24) is 19.2 Å². The Bertz CT molecular complexity index is 1660. The van der Waals surface area contributed by atoms with Gasteiger partial charge in [0.1, 0.15) is 17.7 Å². The number of halogens is 1. The molecular weight excluding hydrogens is 463 g/mol. The summed E-state index contributed by atoms with van der Waals surface area (Å²) in [6, 6.07) is 18.2. The van der Waals surface area contributed by atoms with E-state index in [0.717, 1.165) is 27.7 Å². The lowest BCUT2D eigenvalue weighted by atomic mass is 10.1. The SMILES string of the molecule is Cc1c(C#N)c(NC(=O)CSc2nnc3cc(C)c4ccccc4n23)n(-c2cccc(F)c2)c1C. The number of nitrogens with one attached hydrogen (secondary N) is 1. The minimum absolute atomic E-state index is 0.0558. The highest BCUT2D eigenvalue weighted by Gasteiger charge is 2.21. The highest BCUT2D eigenvalue weighted by atomic mass is 32.2. The zero-order valence-electron chi connectivity index (χ0n) is 19.3. The molecule has 5 aromatic rings. The van der Waals surface area contributed by atoms with E-state index in [1.54, 1.807) is 16.7 Å². The first-order valence-corrected chi connectivity index (χ1v) is 11.9. The number of para-hydroxylation sites is 1. The van der Waals surface area contributed by atoms with E-state index in [-0.39, 0.29) is 11.7 Å². The highest BCUT2D eigenvalue weighted by molar-refractivity contribution is 7.99. The van der Waals surface area contributed by atoms with Gasteiger partial charge >= 0.3 is 0 Å². The Morgan fingerprint density at radius 1 is 1.11 bits per heavy atom. The summed E-state index contributed by atoms with van der Waals surface area (Å²) in [5.41, 5.74) is 5.13. The van der Waals surface area contributed by atoms with Crippen LogP contribution in [-0.2, 0) is 4.79 Å². The second kappa shape index (κ2) is 8.89. The number of rotatable bonds is 5. The van der Waals surface area contributed by atoms with Gasteiger partial charge in [-0.15, -0.1) is 10.2 Å². The molecule has 0 fully saturated rings. The maximum atomic E-state index is 13.9. The zero-order valence-corrected chi connectivity index (χ0v) is 20.2. The summed E-state index contributed by atoms with van der Waals surface area (Å²) in [5.74, 6) is -0.332. The van der Waals surface area contributed by atoms with Crippen LogP contribution in [0.5, 0.6) is 0 Å². The number of aromatic nitrogens is 4. The minimum Gasteiger partial charge on any atom is -0.310 e. The number of carbonyl (C=O) groups is 1. The summed E-state index contributed by atoms with van der Waals surface area (Å²) >= 11 is 1.26. The van der Waals surface area contributed by atoms with Crippen LogP contribution in [0.15, 0.2) is 59.8 Å². The molecule has 3 aromatic heterocycles. The molecule has 2 aromatic carbocycles. The Hall–Kier alpha value is -4.16. The number of nitriles is 1. The average molecular weight is 485 g/mol. The molecule has 1 N–H and O–H groups in total. The third-order valence-electron chi connectivity index (χ3n) is 6.06. The topological polar surface area (TPSA) is 88.0 Å². The summed E-state index contributed by atoms with van der Waals surface area (Å²) in [6.45, 7) is 5.67. The number of carbonyl (C=O) groups excluding carboxylic acids is 1. The van der Waals surface area contributed by atoms with Crippen molar-refractivity contribution in [2.24, 2.45) is 0 Å². The predicted octanol–water partition coefficient (Wildman–Crippen LogP) is 5.34. The van der Waals surface area contributed by atoms with Gasteiger partial charge in [0.2, 0.25) is 5.91 Å². The number of amides is 1. The van der Waals surface area contributed by atoms with Crippen molar-refractivity contribution in [2.45, 2.75) is 25.9 Å². The molecule has 35 heavy (non-hydrogen) atoms. The Labute approximate surface area is 205 Å². The number of anilines is 1. The molecule has 0 saturated carbocycles. The largest absolute Gasteiger partial charge is 0.310 e. The predicted molar refractivity (Wildman–Crippen MR) is 134 cm³/mol. The number of thioether (sulfide) groups is 1. The van der Waals surface area contributed by atoms with Crippen LogP contribution in [0, 0.1) is 37.9 Å². The van der Waals surface area contributed by atoms with Gasteiger partial charge in [-0.25, -0.2) is 4.39 Å². The second-order valence-electron chi connectivity index (χ2n) is 8.22. The van der Waals surface area contributed by atoms with E-state index in [1.807, 2.05) is 55.5 Å². The van der Waals surface area contributed by atoms with Crippen LogP contribution in [0.25, 0.3) is 22.2 Å². The van der Waals surface area contributed by atoms with Crippen molar-refractivity contribution >= 4 is 40.0 Å². The third kappa shape index (κ3) is 3.92. The number of hydrogen-bond donors (Lipinski definition) is 1. The Morgan fingerprint density at radius 2 is 1.91 bits per heavy atom. The normalized spacial score (nSPS) is 11.2. The molecule has 0 aliphatic rings. The molecule has 0 atom stereocenters. The van der Waals surface area contributed by atoms with Crippen LogP contribution in [0.1, 0.15) is 22.4 Å². The number of benzene rings is 2. The zero-order chi connectivity index (χ0) is 24.7. The van der Waals surface area contributed by atoms with Crippen molar-refractivity contribution in [3.8, 4) is 11.8 Å². The number of aryl methyl sites for hydroxylation is 1. The number of hydrogen-bond acceptors (Lipinski definition) is 5. The van der Waals surface area contributed by atoms with Gasteiger partial charge < -0.3 is 5.32 Å². The summed E-state index contributed by atoms with van der Waals surface area (Å²) in [5, 5.41) is 22.9. The molecule has 0 unspecified atom stereocenters. The molecule has 0 saturated heterocycles. The van der Waals surface area contributed by atoms with Crippen molar-refractivity contribution in [2.75, 3.05) is 11.1 Å². The van der Waals surface area contributed by atoms with Crippen LogP contribution < -0.4 is 5.32 Å². The van der Waals surface area contributed by atoms with Crippen LogP contribution >= 0.6 is 11.8 Å². The maximum Gasteiger partial charge on any atom is 0.236 e. The monoisotopic (exact) mass is 484 g/mol. The molecule has 9 heteroatoms. The van der Waals surface area contributed by atoms with Gasteiger partial charge in [-0.2, -0.15) is 5.26 Å². The first-order chi connectivity index (χ1) is 16.9. The average Bonchev–Trinajstić information content (AvgIpc) is 3.35. The number of pyridine rings is 1. The standard InChI is InChI=1S/C26H21FN6OS/c1-15-11-23-30-31-26(33(23)22-10-5-4-9-20(15)22)35-14-24(34)29-25-21(13-28)16(2)17(3)32(25)19-8-6-7-18(27)12-19/h4-12H,14H2,1-3H3,(H,29,34). The quantitative estimate of drug-likeness (QED) is 0.340. The van der Waals surface area contributed by atoms with Crippen LogP contribution in [0.4, 0.5) is 10.2 Å². The van der Waals surface area contributed by atoms with E-state index >= 15 is 0 Å². The second-order valence-corrected chi connectivity index (χ2v) is 9.16. The summed E-state index contributed by atoms with van der Waals surface area (Å²) in [6.07, 6.45) is 0. The molecule has 0 aliphatic heterocycles. The lowest BCUT2D eigenvalue weighted by Crippen LogP contribution is -2.18. The van der Waals surface area contributed by atoms with Gasteiger partial charge in [0.25, 0.3) is 0 Å². The van der Waals surface area contributed by atoms with E-state index in [1.165, 1.54) is 23.9 Å². The highest BCUT2D eigenvalue weighted by Crippen LogP contribution is 2.31. The van der Waals surface area contributed by atoms with E-state index in [0.29, 0.717) is 27.9 Å². The smallest absolute Gasteiger partial charge is 0.236 e. The van der Waals surface area contributed by atoms with E-state index in [9.17, 15) is 14.4 Å². The van der Waals surface area contributed by atoms with Crippen molar-refractivity contribution in [3.63, 3.8) is 0 Å². The molecular formula is C26H21FN6OS. The van der Waals surface area contributed by atoms with Gasteiger partial charge in [-0.1, -0.05) is 36.0 Å². The molecule has 5 rings (SSSR count). The molecule has 0 aliphatic carbocycles. The summed E-state index contributed by atoms with van der Waals surface area (Å²) in [7, 11) is 0. The van der Waals surface area contributed by atoms with E-state index in [2.05, 4.69) is 21.6 Å². The lowest BCUT2D eigenvalue weighted by Gasteiger charge is -2.13. The Kier molecular flexibility index (Phi) is 5.75. The van der Waals surface area contributed by atoms with Crippen molar-refractivity contribution in [1.29, 1.82) is 5.26 Å². The van der Waals surface area contributed by atoms with Crippen LogP contribution in [-0.4, -0.2) is 30.8 Å². The minimum atomic E-state index is -0.402. The first-order valence-electron chi connectivity index (χ1n) is 10.9. The van der Waals surface area contributed by atoms with Crippen LogP contribution in [0.2, 0.25) is 0 Å². The number of fused-ring (bicyclic) bond motifs is 3. The van der Waals surface area contributed by atoms with E-state index in [4.69, 9.17) is 0 Å². The van der Waals surface area contributed by atoms with Crippen molar-refractivity contribution < 1.29 is 9.18 Å². The fourth-order valence-corrected chi connectivity index (χ4v) is 5.02. The van der Waals surface area contributed by atoms with Crippen LogP contribution in [0.3, 0.4) is 0 Å². The lowest BCUT2D eigenvalue weighted by molar-refractivity contribution is -0.113. The fourth-order valence-electron chi connectivity index (χ4n) is 4.27. The van der Waals surface area contributed by atoms with Crippen molar-refractivity contribution in [3.05, 3.63) is 82.8 Å². The Morgan fingerprint density at radius 3 is 2.69 bits per heavy atom. The van der Waals surface area contributed by atoms with Gasteiger partial charge in [0, 0.05) is 11.1 Å². The molecule has 0 spiro atoms. The Balaban J connectivity index is 1.45. The third-order valence-corrected chi connectivity index (χ3v) is 6.98. The molecule has 0 radical (unpaired) electrons. The fraction of sp³-hybridized carbons (Fsp3) is 0.154. The first kappa shape index (κ1) is 22.6. The van der Waals surface area contributed by atoms with Gasteiger partial charge in [-0.05, 0) is 62.2 Å². The molecule has 7 nitrogen and oxygen atoms in total. The number of nitrogens with zero attached hydrogens (tertiary/aromatic N) is 5. The van der Waals surface area contributed by atoms with Gasteiger partial charge in [-0.3, -0.25) is 13.8 Å².